The van der Waals surface area contributed by atoms with Gasteiger partial charge in [-0.05, 0) is 65.8 Å². The van der Waals surface area contributed by atoms with Gasteiger partial charge >= 0.3 is 12.1 Å². The molecule has 0 N–H and O–H groups in total. The highest BCUT2D eigenvalue weighted by Crippen LogP contribution is 2.35. The Morgan fingerprint density at radius 2 is 1.75 bits per heavy atom. The molecule has 0 aliphatic carbocycles. The van der Waals surface area contributed by atoms with Gasteiger partial charge in [-0.15, -0.1) is 0 Å². The summed E-state index contributed by atoms with van der Waals surface area (Å²) in [5, 5.41) is 5.92. The first-order valence-corrected chi connectivity index (χ1v) is 14.7. The van der Waals surface area contributed by atoms with Gasteiger partial charge in [0.2, 0.25) is 0 Å². The molecule has 2 aromatic carbocycles. The van der Waals surface area contributed by atoms with Crippen LogP contribution in [0.1, 0.15) is 52.0 Å². The largest absolute Gasteiger partial charge is 0.467 e. The van der Waals surface area contributed by atoms with Gasteiger partial charge in [-0.25, -0.2) is 19.6 Å². The smallest absolute Gasteiger partial charge is 0.410 e. The van der Waals surface area contributed by atoms with Crippen molar-refractivity contribution < 1.29 is 28.5 Å². The predicted octanol–water partition coefficient (Wildman–Crippen LogP) is 5.18. The summed E-state index contributed by atoms with van der Waals surface area (Å²) in [6.45, 7) is 12.8. The Morgan fingerprint density at radius 1 is 1.02 bits per heavy atom. The maximum absolute atomic E-state index is 13.3. The number of benzene rings is 2. The molecule has 12 heteroatoms. The highest BCUT2D eigenvalue weighted by molar-refractivity contribution is 6.03. The number of hydrogen-bond acceptors (Lipinski definition) is 10. The van der Waals surface area contributed by atoms with Crippen LogP contribution in [0.2, 0.25) is 0 Å². The number of rotatable bonds is 7. The number of ether oxygens (including phenoxy) is 4. The van der Waals surface area contributed by atoms with E-state index in [0.717, 1.165) is 16.6 Å². The summed E-state index contributed by atoms with van der Waals surface area (Å²) in [5.41, 5.74) is 2.40. The summed E-state index contributed by atoms with van der Waals surface area (Å²) in [7, 11) is 3.39. The van der Waals surface area contributed by atoms with Crippen LogP contribution in [-0.2, 0) is 21.3 Å². The van der Waals surface area contributed by atoms with Gasteiger partial charge in [0.05, 0.1) is 35.3 Å². The molecule has 1 amide bonds. The minimum absolute atomic E-state index is 0.0189. The number of esters is 1. The fourth-order valence-electron chi connectivity index (χ4n) is 5.59. The molecule has 1 saturated heterocycles. The molecule has 0 spiro atoms. The van der Waals surface area contributed by atoms with E-state index in [1.165, 1.54) is 0 Å². The van der Waals surface area contributed by atoms with Crippen molar-refractivity contribution in [2.75, 3.05) is 38.5 Å². The summed E-state index contributed by atoms with van der Waals surface area (Å²) in [5.74, 6) is 0.254. The lowest BCUT2D eigenvalue weighted by molar-refractivity contribution is 0.00563. The Hall–Kier alpha value is -4.45. The molecule has 0 saturated carbocycles. The van der Waals surface area contributed by atoms with Crippen molar-refractivity contribution in [3.05, 3.63) is 42.2 Å². The molecule has 2 atom stereocenters. The number of carbonyl (C=O) groups is 2. The number of anilines is 1. The van der Waals surface area contributed by atoms with Gasteiger partial charge in [-0.3, -0.25) is 9.58 Å². The Bertz CT molecular complexity index is 1680. The van der Waals surface area contributed by atoms with Crippen LogP contribution >= 0.6 is 0 Å². The van der Waals surface area contributed by atoms with E-state index >= 15 is 0 Å². The van der Waals surface area contributed by atoms with Gasteiger partial charge in [0.25, 0.3) is 0 Å². The molecule has 0 radical (unpaired) electrons. The van der Waals surface area contributed by atoms with Crippen LogP contribution in [0, 0.1) is 0 Å². The quantitative estimate of drug-likeness (QED) is 0.206. The van der Waals surface area contributed by atoms with E-state index in [1.54, 1.807) is 23.6 Å². The van der Waals surface area contributed by atoms with Crippen molar-refractivity contribution in [2.24, 2.45) is 7.05 Å². The van der Waals surface area contributed by atoms with Crippen molar-refractivity contribution in [1.29, 1.82) is 0 Å². The average Bonchev–Trinajstić information content (AvgIpc) is 3.32. The molecule has 44 heavy (non-hydrogen) atoms. The molecule has 1 fully saturated rings. The molecule has 12 nitrogen and oxygen atoms in total. The summed E-state index contributed by atoms with van der Waals surface area (Å²) in [6, 6.07) is 9.28. The Balaban J connectivity index is 1.55. The lowest BCUT2D eigenvalue weighted by Gasteiger charge is -2.45. The van der Waals surface area contributed by atoms with E-state index in [-0.39, 0.29) is 37.3 Å². The monoisotopic (exact) mass is 604 g/mol. The zero-order valence-corrected chi connectivity index (χ0v) is 26.6. The van der Waals surface area contributed by atoms with Crippen molar-refractivity contribution in [3.8, 4) is 17.1 Å². The first kappa shape index (κ1) is 31.0. The Kier molecular flexibility index (Phi) is 8.64. The van der Waals surface area contributed by atoms with Crippen LogP contribution in [0.4, 0.5) is 10.5 Å². The van der Waals surface area contributed by atoms with Crippen molar-refractivity contribution >= 4 is 39.6 Å². The summed E-state index contributed by atoms with van der Waals surface area (Å²) < 4.78 is 23.8. The summed E-state index contributed by atoms with van der Waals surface area (Å²) in [4.78, 5) is 39.8. The third kappa shape index (κ3) is 6.40. The van der Waals surface area contributed by atoms with E-state index in [2.05, 4.69) is 10.00 Å². The third-order valence-corrected chi connectivity index (χ3v) is 7.33. The van der Waals surface area contributed by atoms with Crippen LogP contribution in [0.5, 0.6) is 5.75 Å². The first-order chi connectivity index (χ1) is 20.9. The summed E-state index contributed by atoms with van der Waals surface area (Å²) >= 11 is 0. The highest BCUT2D eigenvalue weighted by atomic mass is 16.7. The SMILES string of the molecule is CCOC(=O)c1nc(-c2cc3cn(C)nc3cc2OCOC)nc2ccc(N3C[C@@H](C)N(C(=O)OC(C)(C)C)[C@H](C)C3)cc12. The van der Waals surface area contributed by atoms with Crippen LogP contribution in [0.3, 0.4) is 0 Å². The van der Waals surface area contributed by atoms with Gasteiger partial charge in [-0.1, -0.05) is 0 Å². The lowest BCUT2D eigenvalue weighted by Crippen LogP contribution is -2.59. The number of hydrogen-bond donors (Lipinski definition) is 0. The van der Waals surface area contributed by atoms with Crippen molar-refractivity contribution in [3.63, 3.8) is 0 Å². The highest BCUT2D eigenvalue weighted by Gasteiger charge is 2.36. The van der Waals surface area contributed by atoms with Gasteiger partial charge < -0.3 is 23.8 Å². The predicted molar refractivity (Wildman–Crippen MR) is 167 cm³/mol. The second kappa shape index (κ2) is 12.3. The second-order valence-corrected chi connectivity index (χ2v) is 12.1. The maximum Gasteiger partial charge on any atom is 0.410 e. The number of methoxy groups -OCH3 is 1. The van der Waals surface area contributed by atoms with Crippen LogP contribution in [0.15, 0.2) is 36.5 Å². The first-order valence-electron chi connectivity index (χ1n) is 14.7. The topological polar surface area (TPSA) is 121 Å². The number of amides is 1. The van der Waals surface area contributed by atoms with E-state index in [9.17, 15) is 9.59 Å². The van der Waals surface area contributed by atoms with Crippen LogP contribution in [0.25, 0.3) is 33.2 Å². The van der Waals surface area contributed by atoms with Crippen LogP contribution < -0.4 is 9.64 Å². The number of aromatic nitrogens is 4. The van der Waals surface area contributed by atoms with Crippen molar-refractivity contribution in [1.82, 2.24) is 24.6 Å². The molecule has 2 aromatic heterocycles. The molecule has 0 unspecified atom stereocenters. The van der Waals surface area contributed by atoms with E-state index < -0.39 is 11.6 Å². The maximum atomic E-state index is 13.3. The van der Waals surface area contributed by atoms with Gasteiger partial charge in [0.1, 0.15) is 11.4 Å². The lowest BCUT2D eigenvalue weighted by atomic mass is 10.1. The number of aryl methyl sites for hydroxylation is 1. The number of fused-ring (bicyclic) bond motifs is 2. The minimum atomic E-state index is -0.575. The minimum Gasteiger partial charge on any atom is -0.467 e. The van der Waals surface area contributed by atoms with E-state index in [4.69, 9.17) is 28.9 Å². The summed E-state index contributed by atoms with van der Waals surface area (Å²) in [6.07, 6.45) is 1.57. The standard InChI is InChI=1S/C32H40N6O6/c1-9-42-30(39)28-23-13-22(37-15-19(2)38(20(3)16-37)31(40)44-32(4,5)6)10-11-25(23)33-29(34-28)24-12-21-17-36(7)35-26(21)14-27(24)43-18-41-8/h10-14,17,19-20H,9,15-16,18H2,1-8H3/t19-,20-/m1/s1. The molecular weight excluding hydrogens is 564 g/mol. The molecular formula is C32H40N6O6. The normalized spacial score (nSPS) is 17.3. The Labute approximate surface area is 256 Å². The molecule has 3 heterocycles. The molecule has 4 aromatic rings. The molecule has 5 rings (SSSR count). The molecule has 1 aliphatic heterocycles. The Morgan fingerprint density at radius 3 is 2.41 bits per heavy atom. The van der Waals surface area contributed by atoms with E-state index in [1.807, 2.05) is 78.2 Å². The fraction of sp³-hybridized carbons (Fsp3) is 0.469. The fourth-order valence-corrected chi connectivity index (χ4v) is 5.59. The number of nitrogens with zero attached hydrogens (tertiary/aromatic N) is 6. The second-order valence-electron chi connectivity index (χ2n) is 12.1. The third-order valence-electron chi connectivity index (χ3n) is 7.33. The van der Waals surface area contributed by atoms with Gasteiger partial charge in [-0.2, -0.15) is 5.10 Å². The molecule has 234 valence electrons. The molecule has 1 aliphatic rings. The van der Waals surface area contributed by atoms with Gasteiger partial charge in [0, 0.05) is 56.0 Å². The zero-order valence-electron chi connectivity index (χ0n) is 26.6. The zero-order chi connectivity index (χ0) is 31.8. The van der Waals surface area contributed by atoms with E-state index in [0.29, 0.717) is 41.1 Å². The number of carbonyl (C=O) groups excluding carboxylic acids is 2. The average molecular weight is 605 g/mol. The number of piperazine rings is 1. The van der Waals surface area contributed by atoms with Crippen molar-refractivity contribution in [2.45, 2.75) is 59.2 Å². The van der Waals surface area contributed by atoms with Gasteiger partial charge in [0.15, 0.2) is 18.3 Å². The van der Waals surface area contributed by atoms with Crippen LogP contribution in [-0.4, -0.2) is 88.0 Å². The molecule has 0 bridgehead atoms.